The van der Waals surface area contributed by atoms with Gasteiger partial charge in [-0.2, -0.15) is 4.68 Å². The number of ether oxygens (including phenoxy) is 2. The first-order valence-electron chi connectivity index (χ1n) is 11.1. The number of hydrogen-bond donors (Lipinski definition) is 1. The van der Waals surface area contributed by atoms with Crippen LogP contribution >= 0.6 is 11.3 Å². The number of hydrogen-bond acceptors (Lipinski definition) is 9. The van der Waals surface area contributed by atoms with E-state index in [1.165, 1.54) is 16.0 Å². The van der Waals surface area contributed by atoms with Gasteiger partial charge in [-0.25, -0.2) is 9.59 Å². The number of nitrogens with zero attached hydrogens (tertiary/aromatic N) is 4. The molecule has 35 heavy (non-hydrogen) atoms. The van der Waals surface area contributed by atoms with Gasteiger partial charge < -0.3 is 14.8 Å². The molecule has 184 valence electrons. The molecule has 0 radical (unpaired) electrons. The summed E-state index contributed by atoms with van der Waals surface area (Å²) in [6, 6.07) is 9.11. The van der Waals surface area contributed by atoms with Gasteiger partial charge in [0.25, 0.3) is 5.91 Å². The molecule has 3 aromatic rings. The summed E-state index contributed by atoms with van der Waals surface area (Å²) in [5.74, 6) is -1.18. The fourth-order valence-corrected chi connectivity index (χ4v) is 4.22. The third-order valence-corrected chi connectivity index (χ3v) is 5.67. The highest BCUT2D eigenvalue weighted by molar-refractivity contribution is 7.15. The second kappa shape index (κ2) is 12.0. The molecule has 1 N–H and O–H groups in total. The first-order chi connectivity index (χ1) is 16.8. The topological polar surface area (TPSA) is 125 Å². The minimum absolute atomic E-state index is 0.0501. The van der Waals surface area contributed by atoms with Crippen molar-refractivity contribution in [1.82, 2.24) is 20.2 Å². The minimum Gasteiger partial charge on any atom is -0.462 e. The van der Waals surface area contributed by atoms with Crippen molar-refractivity contribution in [2.75, 3.05) is 18.5 Å². The van der Waals surface area contributed by atoms with Gasteiger partial charge in [0.1, 0.15) is 5.00 Å². The number of aryl methyl sites for hydroxylation is 1. The molecule has 1 amide bonds. The van der Waals surface area contributed by atoms with Gasteiger partial charge in [-0.05, 0) is 59.2 Å². The molecule has 10 nitrogen and oxygen atoms in total. The van der Waals surface area contributed by atoms with Crippen molar-refractivity contribution in [2.45, 2.75) is 34.1 Å². The Hall–Kier alpha value is -3.86. The van der Waals surface area contributed by atoms with Gasteiger partial charge in [-0.1, -0.05) is 44.2 Å². The number of thiophene rings is 1. The first-order valence-corrected chi connectivity index (χ1v) is 11.9. The number of aromatic nitrogens is 4. The number of rotatable bonds is 10. The second-order valence-electron chi connectivity index (χ2n) is 7.99. The number of carbonyl (C=O) groups excluding carboxylic acids is 3. The average Bonchev–Trinajstić information content (AvgIpc) is 3.42. The van der Waals surface area contributed by atoms with E-state index in [1.807, 2.05) is 49.6 Å². The van der Waals surface area contributed by atoms with Crippen molar-refractivity contribution in [3.8, 4) is 0 Å². The van der Waals surface area contributed by atoms with Crippen LogP contribution in [0.2, 0.25) is 0 Å². The van der Waals surface area contributed by atoms with Gasteiger partial charge >= 0.3 is 11.9 Å². The van der Waals surface area contributed by atoms with Crippen molar-refractivity contribution in [3.63, 3.8) is 0 Å². The molecular weight excluding hydrogens is 470 g/mol. The number of nitrogens with one attached hydrogen (secondary N) is 1. The van der Waals surface area contributed by atoms with Crippen molar-refractivity contribution >= 4 is 46.0 Å². The number of benzene rings is 1. The summed E-state index contributed by atoms with van der Waals surface area (Å²) >= 11 is 1.23. The van der Waals surface area contributed by atoms with Crippen molar-refractivity contribution in [3.05, 3.63) is 58.2 Å². The van der Waals surface area contributed by atoms with Crippen LogP contribution in [-0.2, 0) is 25.5 Å². The van der Waals surface area contributed by atoms with Gasteiger partial charge in [0.2, 0.25) is 0 Å². The van der Waals surface area contributed by atoms with Crippen LogP contribution in [0.5, 0.6) is 0 Å². The number of carbonyl (C=O) groups is 3. The molecule has 2 heterocycles. The Morgan fingerprint density at radius 3 is 2.54 bits per heavy atom. The highest BCUT2D eigenvalue weighted by Gasteiger charge is 2.23. The molecule has 0 fully saturated rings. The van der Waals surface area contributed by atoms with E-state index in [2.05, 4.69) is 20.8 Å². The summed E-state index contributed by atoms with van der Waals surface area (Å²) in [6.07, 6.45) is 2.23. The quantitative estimate of drug-likeness (QED) is 0.333. The van der Waals surface area contributed by atoms with E-state index < -0.39 is 24.5 Å². The van der Waals surface area contributed by atoms with Crippen LogP contribution in [0.15, 0.2) is 35.7 Å². The van der Waals surface area contributed by atoms with Gasteiger partial charge in [0.05, 0.1) is 12.2 Å². The molecule has 0 bridgehead atoms. The van der Waals surface area contributed by atoms with E-state index in [-0.39, 0.29) is 12.3 Å². The lowest BCUT2D eigenvalue weighted by Gasteiger charge is -2.11. The zero-order valence-electron chi connectivity index (χ0n) is 20.0. The van der Waals surface area contributed by atoms with Crippen LogP contribution in [0.3, 0.4) is 0 Å². The van der Waals surface area contributed by atoms with E-state index in [9.17, 15) is 14.4 Å². The van der Waals surface area contributed by atoms with Crippen LogP contribution in [-0.4, -0.2) is 51.3 Å². The highest BCUT2D eigenvalue weighted by Crippen LogP contribution is 2.31. The first kappa shape index (κ1) is 25.8. The lowest BCUT2D eigenvalue weighted by Crippen LogP contribution is -2.23. The third kappa shape index (κ3) is 6.82. The van der Waals surface area contributed by atoms with Crippen LogP contribution in [0, 0.1) is 12.8 Å². The predicted octanol–water partition coefficient (Wildman–Crippen LogP) is 3.60. The second-order valence-corrected chi connectivity index (χ2v) is 8.87. The van der Waals surface area contributed by atoms with E-state index in [1.54, 1.807) is 19.9 Å². The van der Waals surface area contributed by atoms with Gasteiger partial charge in [0.15, 0.2) is 18.1 Å². The van der Waals surface area contributed by atoms with Crippen LogP contribution in [0.25, 0.3) is 11.8 Å². The van der Waals surface area contributed by atoms with Crippen molar-refractivity contribution < 1.29 is 23.9 Å². The van der Waals surface area contributed by atoms with Crippen molar-refractivity contribution in [2.24, 2.45) is 5.92 Å². The van der Waals surface area contributed by atoms with E-state index in [0.29, 0.717) is 28.7 Å². The standard InChI is InChI=1S/C24H27N5O5S/c1-5-33-24(32)21-18(11-15(2)3)14-35-22(21)25-20(30)13-34-23(31)19(29-16(4)26-27-28-29)12-17-9-7-6-8-10-17/h6-10,12,14-15H,5,11,13H2,1-4H3,(H,25,30)/b19-12-. The number of esters is 2. The maximum Gasteiger partial charge on any atom is 0.357 e. The van der Waals surface area contributed by atoms with Gasteiger partial charge in [-0.15, -0.1) is 16.4 Å². The lowest BCUT2D eigenvalue weighted by atomic mass is 10.0. The summed E-state index contributed by atoms with van der Waals surface area (Å²) in [4.78, 5) is 38.0. The molecule has 0 aliphatic carbocycles. The molecule has 0 atom stereocenters. The Morgan fingerprint density at radius 1 is 1.17 bits per heavy atom. The molecular formula is C24H27N5O5S. The van der Waals surface area contributed by atoms with Gasteiger partial charge in [-0.3, -0.25) is 4.79 Å². The molecule has 0 saturated heterocycles. The summed E-state index contributed by atoms with van der Waals surface area (Å²) in [5, 5.41) is 16.1. The predicted molar refractivity (Wildman–Crippen MR) is 132 cm³/mol. The molecule has 3 rings (SSSR count). The Labute approximate surface area is 206 Å². The fraction of sp³-hybridized carbons (Fsp3) is 0.333. The number of anilines is 1. The Balaban J connectivity index is 1.74. The van der Waals surface area contributed by atoms with Gasteiger partial charge in [0, 0.05) is 0 Å². The molecule has 0 spiro atoms. The monoisotopic (exact) mass is 497 g/mol. The van der Waals surface area contributed by atoms with E-state index >= 15 is 0 Å². The van der Waals surface area contributed by atoms with E-state index in [4.69, 9.17) is 9.47 Å². The highest BCUT2D eigenvalue weighted by atomic mass is 32.1. The fourth-order valence-electron chi connectivity index (χ4n) is 3.24. The average molecular weight is 498 g/mol. The van der Waals surface area contributed by atoms with Crippen LogP contribution in [0.1, 0.15) is 48.1 Å². The Kier molecular flexibility index (Phi) is 8.85. The molecule has 1 aromatic carbocycles. The smallest absolute Gasteiger partial charge is 0.357 e. The molecule has 0 saturated carbocycles. The molecule has 0 aliphatic heterocycles. The summed E-state index contributed by atoms with van der Waals surface area (Å²) in [7, 11) is 0. The summed E-state index contributed by atoms with van der Waals surface area (Å²) < 4.78 is 11.7. The Bertz CT molecular complexity index is 1220. The normalized spacial score (nSPS) is 11.4. The zero-order chi connectivity index (χ0) is 25.4. The van der Waals surface area contributed by atoms with Crippen molar-refractivity contribution in [1.29, 1.82) is 0 Å². The SMILES string of the molecule is CCOC(=O)c1c(CC(C)C)csc1NC(=O)COC(=O)/C(=C/c1ccccc1)n1nnnc1C. The zero-order valence-corrected chi connectivity index (χ0v) is 20.8. The number of amides is 1. The summed E-state index contributed by atoms with van der Waals surface area (Å²) in [5.41, 5.74) is 1.92. The van der Waals surface area contributed by atoms with E-state index in [0.717, 1.165) is 11.1 Å². The third-order valence-electron chi connectivity index (χ3n) is 4.73. The largest absolute Gasteiger partial charge is 0.462 e. The molecule has 0 unspecified atom stereocenters. The lowest BCUT2D eigenvalue weighted by molar-refractivity contribution is -0.141. The van der Waals surface area contributed by atoms with Crippen LogP contribution < -0.4 is 5.32 Å². The maximum absolute atomic E-state index is 12.9. The van der Waals surface area contributed by atoms with Crippen LogP contribution in [0.4, 0.5) is 5.00 Å². The minimum atomic E-state index is -0.781. The summed E-state index contributed by atoms with van der Waals surface area (Å²) in [6.45, 7) is 7.09. The molecule has 11 heteroatoms. The Morgan fingerprint density at radius 2 is 1.91 bits per heavy atom. The molecule has 0 aliphatic rings. The maximum atomic E-state index is 12.9. The molecule has 2 aromatic heterocycles. The number of tetrazole rings is 1.